The molecule has 2 saturated carbocycles. The van der Waals surface area contributed by atoms with Crippen LogP contribution in [0.1, 0.15) is 93.4 Å². The Bertz CT molecular complexity index is 1070. The zero-order chi connectivity index (χ0) is 26.8. The van der Waals surface area contributed by atoms with Gasteiger partial charge in [0, 0.05) is 0 Å². The molecule has 2 aromatic rings. The van der Waals surface area contributed by atoms with E-state index in [4.69, 9.17) is 4.74 Å². The summed E-state index contributed by atoms with van der Waals surface area (Å²) >= 11 is 0. The Hall–Kier alpha value is -2.44. The van der Waals surface area contributed by atoms with Crippen molar-refractivity contribution in [1.82, 2.24) is 0 Å². The molecular formula is C30H34F6O. The van der Waals surface area contributed by atoms with Crippen LogP contribution >= 0.6 is 0 Å². The van der Waals surface area contributed by atoms with Crippen molar-refractivity contribution in [2.75, 3.05) is 0 Å². The Kier molecular flexibility index (Phi) is 8.29. The highest BCUT2D eigenvalue weighted by atomic mass is 19.4. The summed E-state index contributed by atoms with van der Waals surface area (Å²) in [6, 6.07) is 7.69. The smallest absolute Gasteiger partial charge is 0.429 e. The number of halogens is 6. The Balaban J connectivity index is 1.43. The van der Waals surface area contributed by atoms with Gasteiger partial charge in [-0.3, -0.25) is 0 Å². The van der Waals surface area contributed by atoms with Crippen LogP contribution in [0.25, 0.3) is 6.08 Å². The van der Waals surface area contributed by atoms with Crippen LogP contribution in [-0.4, -0.2) is 0 Å². The normalized spacial score (nSPS) is 25.4. The van der Waals surface area contributed by atoms with Crippen molar-refractivity contribution < 1.29 is 31.1 Å². The van der Waals surface area contributed by atoms with E-state index in [0.717, 1.165) is 48.3 Å². The predicted octanol–water partition coefficient (Wildman–Crippen LogP) is 10.1. The minimum absolute atomic E-state index is 0.232. The number of benzene rings is 2. The van der Waals surface area contributed by atoms with Crippen LogP contribution in [0.5, 0.6) is 5.75 Å². The van der Waals surface area contributed by atoms with Gasteiger partial charge in [0.1, 0.15) is 17.1 Å². The zero-order valence-corrected chi connectivity index (χ0v) is 21.3. The number of rotatable bonds is 6. The second-order valence-electron chi connectivity index (χ2n) is 10.7. The van der Waals surface area contributed by atoms with Crippen molar-refractivity contribution in [2.45, 2.75) is 83.4 Å². The fourth-order valence-electron chi connectivity index (χ4n) is 6.11. The Morgan fingerprint density at radius 3 is 1.89 bits per heavy atom. The summed E-state index contributed by atoms with van der Waals surface area (Å²) in [5, 5.41) is 0. The van der Waals surface area contributed by atoms with Crippen molar-refractivity contribution >= 4 is 6.08 Å². The quantitative estimate of drug-likeness (QED) is 0.342. The lowest BCUT2D eigenvalue weighted by Crippen LogP contribution is -2.26. The van der Waals surface area contributed by atoms with Crippen molar-refractivity contribution in [3.63, 3.8) is 0 Å². The van der Waals surface area contributed by atoms with Crippen molar-refractivity contribution in [1.29, 1.82) is 0 Å². The topological polar surface area (TPSA) is 9.23 Å². The number of alkyl halides is 5. The van der Waals surface area contributed by atoms with Gasteiger partial charge in [-0.15, -0.1) is 0 Å². The molecule has 0 aromatic heterocycles. The summed E-state index contributed by atoms with van der Waals surface area (Å²) in [7, 11) is 0. The minimum atomic E-state index is -5.14. The third-order valence-electron chi connectivity index (χ3n) is 8.21. The maximum atomic E-state index is 14.8. The molecule has 4 rings (SSSR count). The molecule has 2 aliphatic carbocycles. The summed E-state index contributed by atoms with van der Waals surface area (Å²) in [6.45, 7) is 3.78. The second-order valence-corrected chi connectivity index (χ2v) is 10.7. The first kappa shape index (κ1) is 27.6. The number of allylic oxidation sites excluding steroid dienone is 1. The van der Waals surface area contributed by atoms with E-state index in [0.29, 0.717) is 12.0 Å². The third kappa shape index (κ3) is 6.35. The number of ether oxygens (including phenoxy) is 1. The first-order chi connectivity index (χ1) is 17.5. The fraction of sp³-hybridized carbons (Fsp3) is 0.533. The van der Waals surface area contributed by atoms with E-state index in [2.05, 4.69) is 6.92 Å². The Labute approximate surface area is 214 Å². The summed E-state index contributed by atoms with van der Waals surface area (Å²) in [5.74, 6) is 0.500. The molecule has 2 fully saturated rings. The number of hydrogen-bond donors (Lipinski definition) is 0. The molecular weight excluding hydrogens is 490 g/mol. The molecule has 0 spiro atoms. The van der Waals surface area contributed by atoms with Crippen LogP contribution in [0.2, 0.25) is 0 Å². The molecule has 0 aliphatic heterocycles. The van der Waals surface area contributed by atoms with Crippen molar-refractivity contribution in [3.8, 4) is 5.75 Å². The van der Waals surface area contributed by atoms with Crippen LogP contribution in [0.4, 0.5) is 26.3 Å². The lowest BCUT2D eigenvalue weighted by Gasteiger charge is -2.37. The van der Waals surface area contributed by atoms with Crippen LogP contribution < -0.4 is 4.74 Å². The van der Waals surface area contributed by atoms with E-state index in [1.807, 2.05) is 0 Å². The van der Waals surface area contributed by atoms with Gasteiger partial charge in [-0.05, 0) is 98.4 Å². The van der Waals surface area contributed by atoms with E-state index in [-0.39, 0.29) is 5.75 Å². The fourth-order valence-corrected chi connectivity index (χ4v) is 6.11. The molecule has 0 N–H and O–H groups in total. The van der Waals surface area contributed by atoms with E-state index >= 15 is 0 Å². The van der Waals surface area contributed by atoms with Crippen LogP contribution in [0.3, 0.4) is 0 Å². The highest BCUT2D eigenvalue weighted by Crippen LogP contribution is 2.45. The molecule has 0 atom stereocenters. The molecule has 202 valence electrons. The highest BCUT2D eigenvalue weighted by Gasteiger charge is 2.44. The van der Waals surface area contributed by atoms with Gasteiger partial charge in [-0.2, -0.15) is 22.0 Å². The van der Waals surface area contributed by atoms with Gasteiger partial charge in [0.25, 0.3) is 0 Å². The average molecular weight is 525 g/mol. The molecule has 1 nitrogen and oxygen atoms in total. The van der Waals surface area contributed by atoms with Gasteiger partial charge in [-0.25, -0.2) is 4.39 Å². The molecule has 37 heavy (non-hydrogen) atoms. The van der Waals surface area contributed by atoms with Gasteiger partial charge >= 0.3 is 12.3 Å². The standard InChI is InChI=1S/C30H34F6O/c1-3-4-24-15-18-26(28(31)27(24)29(32,33)34)30(35,36)37-25-16-13-23(14-17-25)22-11-9-21(10-12-22)20-7-5-19(2)6-8-20/h3-4,13-22H,5-12H2,1-2H3/b4-3+. The largest absolute Gasteiger partial charge is 0.429 e. The van der Waals surface area contributed by atoms with Gasteiger partial charge < -0.3 is 4.74 Å². The Morgan fingerprint density at radius 2 is 1.35 bits per heavy atom. The second kappa shape index (κ2) is 11.1. The van der Waals surface area contributed by atoms with E-state index in [9.17, 15) is 26.3 Å². The predicted molar refractivity (Wildman–Crippen MR) is 133 cm³/mol. The first-order valence-electron chi connectivity index (χ1n) is 13.2. The lowest BCUT2D eigenvalue weighted by molar-refractivity contribution is -0.188. The molecule has 0 bridgehead atoms. The average Bonchev–Trinajstić information content (AvgIpc) is 2.84. The SMILES string of the molecule is C/C=C/c1ccc(C(F)(F)Oc2ccc(C3CCC(C4CCC(C)CC4)CC3)cc2)c(F)c1C(F)(F)F. The molecule has 0 radical (unpaired) electrons. The zero-order valence-electron chi connectivity index (χ0n) is 21.3. The third-order valence-corrected chi connectivity index (χ3v) is 8.21. The molecule has 2 aromatic carbocycles. The summed E-state index contributed by atoms with van der Waals surface area (Å²) < 4.78 is 89.4. The van der Waals surface area contributed by atoms with Crippen LogP contribution in [0, 0.1) is 23.6 Å². The van der Waals surface area contributed by atoms with Crippen molar-refractivity contribution in [3.05, 3.63) is 70.5 Å². The van der Waals surface area contributed by atoms with E-state index < -0.39 is 34.8 Å². The highest BCUT2D eigenvalue weighted by molar-refractivity contribution is 5.56. The van der Waals surface area contributed by atoms with E-state index in [1.54, 1.807) is 12.1 Å². The van der Waals surface area contributed by atoms with Gasteiger partial charge in [-0.1, -0.05) is 50.1 Å². The molecule has 7 heteroatoms. The van der Waals surface area contributed by atoms with Gasteiger partial charge in [0.15, 0.2) is 0 Å². The summed E-state index contributed by atoms with van der Waals surface area (Å²) in [5.41, 5.74) is -2.68. The first-order valence-corrected chi connectivity index (χ1v) is 13.2. The van der Waals surface area contributed by atoms with Gasteiger partial charge in [0.2, 0.25) is 0 Å². The number of hydrogen-bond acceptors (Lipinski definition) is 1. The Morgan fingerprint density at radius 1 is 0.784 bits per heavy atom. The maximum Gasteiger partial charge on any atom is 0.429 e. The van der Waals surface area contributed by atoms with Crippen LogP contribution in [0.15, 0.2) is 42.5 Å². The molecule has 0 amide bonds. The molecule has 0 heterocycles. The minimum Gasteiger partial charge on any atom is -0.429 e. The summed E-state index contributed by atoms with van der Waals surface area (Å²) in [6.07, 6.45) is 2.61. The molecule has 0 saturated heterocycles. The van der Waals surface area contributed by atoms with Crippen LogP contribution in [-0.2, 0) is 12.3 Å². The maximum absolute atomic E-state index is 14.8. The van der Waals surface area contributed by atoms with Crippen molar-refractivity contribution in [2.24, 2.45) is 17.8 Å². The monoisotopic (exact) mass is 524 g/mol. The summed E-state index contributed by atoms with van der Waals surface area (Å²) in [4.78, 5) is 0. The van der Waals surface area contributed by atoms with Gasteiger partial charge in [0.05, 0.1) is 5.56 Å². The molecule has 2 aliphatic rings. The lowest BCUT2D eigenvalue weighted by atomic mass is 9.68. The van der Waals surface area contributed by atoms with E-state index in [1.165, 1.54) is 63.7 Å². The molecule has 0 unspecified atom stereocenters.